The van der Waals surface area contributed by atoms with Crippen LogP contribution in [0.1, 0.15) is 47.7 Å². The van der Waals surface area contributed by atoms with Gasteiger partial charge in [0.2, 0.25) is 0 Å². The van der Waals surface area contributed by atoms with Crippen molar-refractivity contribution in [1.82, 2.24) is 4.98 Å². The molecule has 1 N–H and O–H groups in total. The molecule has 186 valence electrons. The molecule has 2 atom stereocenters. The lowest BCUT2D eigenvalue weighted by Gasteiger charge is -2.23. The van der Waals surface area contributed by atoms with Crippen LogP contribution < -0.4 is 9.64 Å². The third kappa shape index (κ3) is 3.90. The van der Waals surface area contributed by atoms with Crippen LogP contribution in [0, 0.1) is 6.92 Å². The molecule has 0 spiro atoms. The predicted octanol–water partition coefficient (Wildman–Crippen LogP) is 6.12. The van der Waals surface area contributed by atoms with Crippen LogP contribution in [0.25, 0.3) is 16.0 Å². The Morgan fingerprint density at radius 2 is 1.89 bits per heavy atom. The molecule has 0 aliphatic carbocycles. The van der Waals surface area contributed by atoms with Crippen molar-refractivity contribution in [3.8, 4) is 5.75 Å². The minimum Gasteiger partial charge on any atom is -0.507 e. The number of Topliss-reactive ketones (excluding diaryl/α,β-unsaturated/α-hetero) is 1. The number of ether oxygens (including phenoxy) is 1. The average Bonchev–Trinajstić information content (AvgIpc) is 3.55. The first-order valence-corrected chi connectivity index (χ1v) is 13.2. The van der Waals surface area contributed by atoms with Crippen LogP contribution in [-0.2, 0) is 22.4 Å². The highest BCUT2D eigenvalue weighted by Gasteiger charge is 2.48. The molecular weight excluding hydrogens is 484 g/mol. The number of aryl methyl sites for hydroxylation is 2. The van der Waals surface area contributed by atoms with Crippen molar-refractivity contribution in [1.29, 1.82) is 0 Å². The SMILES string of the molecule is CCc1ccc([C@H]2/C(=C(\O)c3ccc4c(c3)C[C@@H](C)O4)C(=O)C(=O)N2c2nc3ccc(C)cc3s2)cc1. The van der Waals surface area contributed by atoms with Crippen LogP contribution in [0.4, 0.5) is 5.13 Å². The summed E-state index contributed by atoms with van der Waals surface area (Å²) in [5.74, 6) is -0.826. The summed E-state index contributed by atoms with van der Waals surface area (Å²) in [6, 6.07) is 18.3. The molecule has 7 heteroatoms. The first kappa shape index (κ1) is 23.4. The summed E-state index contributed by atoms with van der Waals surface area (Å²) in [5, 5.41) is 11.9. The zero-order chi connectivity index (χ0) is 25.8. The third-order valence-electron chi connectivity index (χ3n) is 7.06. The van der Waals surface area contributed by atoms with Gasteiger partial charge in [0.25, 0.3) is 5.78 Å². The summed E-state index contributed by atoms with van der Waals surface area (Å²) in [4.78, 5) is 33.2. The summed E-state index contributed by atoms with van der Waals surface area (Å²) in [6.45, 7) is 6.07. The molecule has 1 aromatic heterocycles. The average molecular weight is 511 g/mol. The molecule has 4 aromatic rings. The standard InChI is InChI=1S/C30H26N2O4S/c1-4-18-6-8-19(9-7-18)26-25(27(33)20-10-12-23-21(15-20)14-17(3)36-23)28(34)29(35)32(26)30-31-22-11-5-16(2)13-24(22)37-30/h5-13,15,17,26,33H,4,14H2,1-3H3/b27-25+/t17-,26+/m1/s1. The molecule has 1 fully saturated rings. The highest BCUT2D eigenvalue weighted by molar-refractivity contribution is 7.22. The number of hydrogen-bond donors (Lipinski definition) is 1. The van der Waals surface area contributed by atoms with E-state index in [1.807, 2.05) is 68.4 Å². The topological polar surface area (TPSA) is 79.7 Å². The van der Waals surface area contributed by atoms with E-state index in [1.54, 1.807) is 6.07 Å². The fraction of sp³-hybridized carbons (Fsp3) is 0.233. The van der Waals surface area contributed by atoms with E-state index in [0.29, 0.717) is 10.7 Å². The number of carbonyl (C=O) groups excluding carboxylic acids is 2. The number of aromatic nitrogens is 1. The van der Waals surface area contributed by atoms with E-state index in [-0.39, 0.29) is 17.4 Å². The van der Waals surface area contributed by atoms with Gasteiger partial charge in [-0.3, -0.25) is 14.5 Å². The molecule has 1 saturated heterocycles. The zero-order valence-electron chi connectivity index (χ0n) is 20.8. The molecule has 2 aliphatic heterocycles. The normalized spacial score (nSPS) is 20.5. The first-order valence-electron chi connectivity index (χ1n) is 12.4. The summed E-state index contributed by atoms with van der Waals surface area (Å²) in [6.07, 6.45) is 1.64. The van der Waals surface area contributed by atoms with Gasteiger partial charge in [0, 0.05) is 12.0 Å². The number of thiazole rings is 1. The maximum absolute atomic E-state index is 13.5. The zero-order valence-corrected chi connectivity index (χ0v) is 21.6. The number of nitrogens with zero attached hydrogens (tertiary/aromatic N) is 2. The Morgan fingerprint density at radius 3 is 2.65 bits per heavy atom. The number of aliphatic hydroxyl groups excluding tert-OH is 1. The van der Waals surface area contributed by atoms with Crippen LogP contribution in [0.3, 0.4) is 0 Å². The fourth-order valence-corrected chi connectivity index (χ4v) is 6.22. The van der Waals surface area contributed by atoms with Crippen LogP contribution in [0.15, 0.2) is 66.2 Å². The summed E-state index contributed by atoms with van der Waals surface area (Å²) in [7, 11) is 0. The summed E-state index contributed by atoms with van der Waals surface area (Å²) < 4.78 is 6.73. The molecule has 3 aromatic carbocycles. The number of aliphatic hydroxyl groups is 1. The highest BCUT2D eigenvalue weighted by Crippen LogP contribution is 2.45. The lowest BCUT2D eigenvalue weighted by Crippen LogP contribution is -2.29. The van der Waals surface area contributed by atoms with Crippen molar-refractivity contribution in [3.05, 3.63) is 94.1 Å². The Kier molecular flexibility index (Phi) is 5.60. The molecule has 6 nitrogen and oxygen atoms in total. The number of hydrogen-bond acceptors (Lipinski definition) is 6. The summed E-state index contributed by atoms with van der Waals surface area (Å²) >= 11 is 1.37. The van der Waals surface area contributed by atoms with E-state index in [4.69, 9.17) is 9.72 Å². The number of fused-ring (bicyclic) bond motifs is 2. The molecule has 6 rings (SSSR count). The number of benzene rings is 3. The Morgan fingerprint density at radius 1 is 1.11 bits per heavy atom. The van der Waals surface area contributed by atoms with Gasteiger partial charge in [-0.2, -0.15) is 0 Å². The van der Waals surface area contributed by atoms with Crippen molar-refractivity contribution in [2.45, 2.75) is 45.8 Å². The second-order valence-corrected chi connectivity index (χ2v) is 10.7. The Balaban J connectivity index is 1.53. The van der Waals surface area contributed by atoms with Crippen LogP contribution in [0.2, 0.25) is 0 Å². The number of ketones is 1. The van der Waals surface area contributed by atoms with Gasteiger partial charge < -0.3 is 9.84 Å². The lowest BCUT2D eigenvalue weighted by molar-refractivity contribution is -0.132. The molecule has 0 unspecified atom stereocenters. The smallest absolute Gasteiger partial charge is 0.301 e. The fourth-order valence-electron chi connectivity index (χ4n) is 5.13. The monoisotopic (exact) mass is 510 g/mol. The molecule has 1 amide bonds. The first-order chi connectivity index (χ1) is 17.8. The highest BCUT2D eigenvalue weighted by atomic mass is 32.1. The van der Waals surface area contributed by atoms with Gasteiger partial charge in [0.1, 0.15) is 17.6 Å². The second kappa shape index (κ2) is 8.85. The van der Waals surface area contributed by atoms with Gasteiger partial charge in [-0.05, 0) is 72.9 Å². The number of rotatable bonds is 4. The maximum Gasteiger partial charge on any atom is 0.301 e. The van der Waals surface area contributed by atoms with Crippen molar-refractivity contribution >= 4 is 44.1 Å². The third-order valence-corrected chi connectivity index (χ3v) is 8.07. The van der Waals surface area contributed by atoms with Gasteiger partial charge in [-0.1, -0.05) is 48.6 Å². The van der Waals surface area contributed by atoms with E-state index >= 15 is 0 Å². The van der Waals surface area contributed by atoms with Crippen molar-refractivity contribution in [2.75, 3.05) is 4.90 Å². The van der Waals surface area contributed by atoms with E-state index in [0.717, 1.165) is 51.1 Å². The van der Waals surface area contributed by atoms with Crippen LogP contribution in [0.5, 0.6) is 5.75 Å². The van der Waals surface area contributed by atoms with Crippen molar-refractivity contribution < 1.29 is 19.4 Å². The van der Waals surface area contributed by atoms with E-state index in [1.165, 1.54) is 16.2 Å². The van der Waals surface area contributed by atoms with Gasteiger partial charge in [-0.25, -0.2) is 4.98 Å². The van der Waals surface area contributed by atoms with Crippen LogP contribution >= 0.6 is 11.3 Å². The quantitative estimate of drug-likeness (QED) is 0.203. The lowest BCUT2D eigenvalue weighted by atomic mass is 9.94. The molecule has 37 heavy (non-hydrogen) atoms. The van der Waals surface area contributed by atoms with Gasteiger partial charge >= 0.3 is 5.91 Å². The molecule has 0 bridgehead atoms. The molecule has 0 saturated carbocycles. The van der Waals surface area contributed by atoms with E-state index < -0.39 is 17.7 Å². The number of carbonyl (C=O) groups is 2. The summed E-state index contributed by atoms with van der Waals surface area (Å²) in [5.41, 5.74) is 5.26. The van der Waals surface area contributed by atoms with Crippen LogP contribution in [-0.4, -0.2) is 27.9 Å². The molecule has 0 radical (unpaired) electrons. The minimum atomic E-state index is -0.795. The van der Waals surface area contributed by atoms with E-state index in [2.05, 4.69) is 6.92 Å². The Hall–Kier alpha value is -3.97. The van der Waals surface area contributed by atoms with E-state index in [9.17, 15) is 14.7 Å². The number of anilines is 1. The number of amides is 1. The Bertz CT molecular complexity index is 1600. The molecular formula is C30H26N2O4S. The largest absolute Gasteiger partial charge is 0.507 e. The molecule has 3 heterocycles. The molecule has 2 aliphatic rings. The maximum atomic E-state index is 13.5. The second-order valence-electron chi connectivity index (χ2n) is 9.69. The minimum absolute atomic E-state index is 0.0535. The van der Waals surface area contributed by atoms with Gasteiger partial charge in [-0.15, -0.1) is 0 Å². The van der Waals surface area contributed by atoms with Crippen molar-refractivity contribution in [2.24, 2.45) is 0 Å². The van der Waals surface area contributed by atoms with Gasteiger partial charge in [0.15, 0.2) is 5.13 Å². The van der Waals surface area contributed by atoms with Crippen molar-refractivity contribution in [3.63, 3.8) is 0 Å². The predicted molar refractivity (Wildman–Crippen MR) is 145 cm³/mol. The Labute approximate surface area is 218 Å². The van der Waals surface area contributed by atoms with Gasteiger partial charge in [0.05, 0.1) is 21.8 Å².